The van der Waals surface area contributed by atoms with E-state index in [2.05, 4.69) is 36.6 Å². The van der Waals surface area contributed by atoms with E-state index in [4.69, 9.17) is 11.6 Å². The molecule has 0 aliphatic rings. The average molecular weight is 384 g/mol. The Balaban J connectivity index is 2.93. The van der Waals surface area contributed by atoms with Gasteiger partial charge in [-0.25, -0.2) is 13.1 Å². The van der Waals surface area contributed by atoms with Gasteiger partial charge >= 0.3 is 0 Å². The van der Waals surface area contributed by atoms with Gasteiger partial charge in [-0.1, -0.05) is 27.5 Å². The van der Waals surface area contributed by atoms with Crippen LogP contribution in [0.25, 0.3) is 0 Å². The molecule has 0 unspecified atom stereocenters. The molecule has 80 valence electrons. The second-order valence-corrected chi connectivity index (χ2v) is 7.84. The largest absolute Gasteiger partial charge is 0.250 e. The molecule has 0 aliphatic heterocycles. The van der Waals surface area contributed by atoms with Gasteiger partial charge in [0.05, 0.1) is 8.81 Å². The second kappa shape index (κ2) is 5.27. The van der Waals surface area contributed by atoms with E-state index in [-0.39, 0.29) is 4.21 Å². The molecular formula is C6H6Br2ClNO2S2. The van der Waals surface area contributed by atoms with Crippen LogP contribution in [0.15, 0.2) is 14.1 Å². The molecule has 1 rings (SSSR count). The average Bonchev–Trinajstić information content (AvgIpc) is 2.45. The molecule has 8 heteroatoms. The lowest BCUT2D eigenvalue weighted by atomic mass is 10.7. The SMILES string of the molecule is O=S(=O)(NCCBr)c1cc(Cl)c(Br)s1. The molecule has 0 aromatic carbocycles. The summed E-state index contributed by atoms with van der Waals surface area (Å²) in [6, 6.07) is 1.42. The highest BCUT2D eigenvalue weighted by Crippen LogP contribution is 2.34. The highest BCUT2D eigenvalue weighted by molar-refractivity contribution is 9.11. The van der Waals surface area contributed by atoms with Crippen molar-refractivity contribution >= 4 is 64.8 Å². The zero-order valence-electron chi connectivity index (χ0n) is 6.76. The summed E-state index contributed by atoms with van der Waals surface area (Å²) in [7, 11) is -3.40. The molecule has 3 nitrogen and oxygen atoms in total. The third-order valence-corrected chi connectivity index (χ3v) is 6.08. The second-order valence-electron chi connectivity index (χ2n) is 2.27. The van der Waals surface area contributed by atoms with E-state index in [0.29, 0.717) is 20.7 Å². The highest BCUT2D eigenvalue weighted by Gasteiger charge is 2.17. The van der Waals surface area contributed by atoms with Crippen LogP contribution in [-0.4, -0.2) is 20.3 Å². The van der Waals surface area contributed by atoms with E-state index in [1.165, 1.54) is 6.07 Å². The predicted molar refractivity (Wildman–Crippen MR) is 66.0 cm³/mol. The Labute approximate surface area is 108 Å². The van der Waals surface area contributed by atoms with Crippen LogP contribution in [0.4, 0.5) is 0 Å². The van der Waals surface area contributed by atoms with Crippen molar-refractivity contribution in [2.24, 2.45) is 0 Å². The number of hydrogen-bond acceptors (Lipinski definition) is 3. The predicted octanol–water partition coefficient (Wildman–Crippen LogP) is 2.84. The fourth-order valence-corrected chi connectivity index (χ4v) is 4.64. The van der Waals surface area contributed by atoms with Crippen LogP contribution in [0.5, 0.6) is 0 Å². The molecule has 1 heterocycles. The van der Waals surface area contributed by atoms with Gasteiger partial charge in [-0.15, -0.1) is 11.3 Å². The van der Waals surface area contributed by atoms with Crippen molar-refractivity contribution < 1.29 is 8.42 Å². The normalized spacial score (nSPS) is 11.9. The van der Waals surface area contributed by atoms with Crippen LogP contribution in [0.1, 0.15) is 0 Å². The molecule has 14 heavy (non-hydrogen) atoms. The molecule has 1 aromatic rings. The highest BCUT2D eigenvalue weighted by atomic mass is 79.9. The summed E-state index contributed by atoms with van der Waals surface area (Å²) in [6.45, 7) is 0.357. The van der Waals surface area contributed by atoms with Crippen LogP contribution in [0.2, 0.25) is 5.02 Å². The summed E-state index contributed by atoms with van der Waals surface area (Å²) in [6.07, 6.45) is 0. The number of alkyl halides is 1. The zero-order valence-corrected chi connectivity index (χ0v) is 12.3. The Bertz CT molecular complexity index is 398. The molecule has 0 bridgehead atoms. The van der Waals surface area contributed by atoms with Crippen molar-refractivity contribution in [1.29, 1.82) is 0 Å². The number of nitrogens with one attached hydrogen (secondary N) is 1. The first-order chi connectivity index (χ1) is 6.47. The molecule has 1 aromatic heterocycles. The monoisotopic (exact) mass is 381 g/mol. The van der Waals surface area contributed by atoms with E-state index in [1.54, 1.807) is 0 Å². The maximum atomic E-state index is 11.6. The summed E-state index contributed by atoms with van der Waals surface area (Å²) in [4.78, 5) is 0. The van der Waals surface area contributed by atoms with Gasteiger partial charge < -0.3 is 0 Å². The van der Waals surface area contributed by atoms with Crippen LogP contribution >= 0.6 is 54.8 Å². The van der Waals surface area contributed by atoms with Crippen molar-refractivity contribution in [2.45, 2.75) is 4.21 Å². The maximum absolute atomic E-state index is 11.6. The lowest BCUT2D eigenvalue weighted by molar-refractivity contribution is 0.586. The van der Waals surface area contributed by atoms with Crippen molar-refractivity contribution in [2.75, 3.05) is 11.9 Å². The summed E-state index contributed by atoms with van der Waals surface area (Å²) in [5.74, 6) is 0. The van der Waals surface area contributed by atoms with Crippen molar-refractivity contribution in [3.05, 3.63) is 14.9 Å². The van der Waals surface area contributed by atoms with Gasteiger partial charge in [0.15, 0.2) is 0 Å². The number of hydrogen-bond donors (Lipinski definition) is 1. The standard InChI is InChI=1S/C6H6Br2ClNO2S2/c7-1-2-10-14(11,12)5-3-4(9)6(8)13-5/h3,10H,1-2H2. The topological polar surface area (TPSA) is 46.2 Å². The number of rotatable bonds is 4. The van der Waals surface area contributed by atoms with Gasteiger partial charge in [-0.2, -0.15) is 0 Å². The van der Waals surface area contributed by atoms with E-state index in [1.807, 2.05) is 0 Å². The van der Waals surface area contributed by atoms with Gasteiger partial charge in [-0.3, -0.25) is 0 Å². The van der Waals surface area contributed by atoms with Gasteiger partial charge in [0.1, 0.15) is 4.21 Å². The quantitative estimate of drug-likeness (QED) is 0.813. The minimum atomic E-state index is -3.40. The maximum Gasteiger partial charge on any atom is 0.250 e. The van der Waals surface area contributed by atoms with Crippen LogP contribution in [-0.2, 0) is 10.0 Å². The molecule has 0 aliphatic carbocycles. The minimum Gasteiger partial charge on any atom is -0.210 e. The molecule has 1 N–H and O–H groups in total. The van der Waals surface area contributed by atoms with E-state index in [0.717, 1.165) is 11.3 Å². The Morgan fingerprint density at radius 2 is 2.21 bits per heavy atom. The Hall–Kier alpha value is 0.860. The van der Waals surface area contributed by atoms with Crippen molar-refractivity contribution in [1.82, 2.24) is 4.72 Å². The molecular weight excluding hydrogens is 377 g/mol. The smallest absolute Gasteiger partial charge is 0.210 e. The molecule has 0 saturated heterocycles. The Morgan fingerprint density at radius 3 is 2.64 bits per heavy atom. The summed E-state index contributed by atoms with van der Waals surface area (Å²) in [5, 5.41) is 0.987. The van der Waals surface area contributed by atoms with E-state index in [9.17, 15) is 8.42 Å². The van der Waals surface area contributed by atoms with Crippen LogP contribution in [0, 0.1) is 0 Å². The first kappa shape index (κ1) is 12.9. The fourth-order valence-electron chi connectivity index (χ4n) is 0.703. The molecule has 0 spiro atoms. The lowest BCUT2D eigenvalue weighted by Gasteiger charge is -2.00. The fraction of sp³-hybridized carbons (Fsp3) is 0.333. The van der Waals surface area contributed by atoms with E-state index >= 15 is 0 Å². The van der Waals surface area contributed by atoms with Gasteiger partial charge in [-0.05, 0) is 22.0 Å². The van der Waals surface area contributed by atoms with Crippen molar-refractivity contribution in [3.8, 4) is 0 Å². The molecule has 0 atom stereocenters. The summed E-state index contributed by atoms with van der Waals surface area (Å²) >= 11 is 13.1. The summed E-state index contributed by atoms with van der Waals surface area (Å²) < 4.78 is 26.4. The number of halogens is 3. The van der Waals surface area contributed by atoms with Gasteiger partial charge in [0, 0.05) is 11.9 Å². The zero-order chi connectivity index (χ0) is 10.8. The molecule has 0 fully saturated rings. The van der Waals surface area contributed by atoms with Gasteiger partial charge in [0.2, 0.25) is 10.0 Å². The Kier molecular flexibility index (Phi) is 4.86. The van der Waals surface area contributed by atoms with E-state index < -0.39 is 10.0 Å². The molecule has 0 radical (unpaired) electrons. The molecule has 0 saturated carbocycles. The number of thiophene rings is 1. The third-order valence-electron chi connectivity index (χ3n) is 1.27. The van der Waals surface area contributed by atoms with Crippen molar-refractivity contribution in [3.63, 3.8) is 0 Å². The molecule has 0 amide bonds. The van der Waals surface area contributed by atoms with Gasteiger partial charge in [0.25, 0.3) is 0 Å². The first-order valence-electron chi connectivity index (χ1n) is 3.48. The Morgan fingerprint density at radius 1 is 1.57 bits per heavy atom. The van der Waals surface area contributed by atoms with Crippen LogP contribution < -0.4 is 4.72 Å². The summed E-state index contributed by atoms with van der Waals surface area (Å²) in [5.41, 5.74) is 0. The number of sulfonamides is 1. The van der Waals surface area contributed by atoms with Crippen LogP contribution in [0.3, 0.4) is 0 Å². The third kappa shape index (κ3) is 3.18. The lowest BCUT2D eigenvalue weighted by Crippen LogP contribution is -2.24. The minimum absolute atomic E-state index is 0.218. The first-order valence-corrected chi connectivity index (χ1v) is 8.07.